The smallest absolute Gasteiger partial charge is 0.194 e. The summed E-state index contributed by atoms with van der Waals surface area (Å²) in [5.74, 6) is 1.03. The van der Waals surface area contributed by atoms with Gasteiger partial charge >= 0.3 is 0 Å². The molecule has 3 rings (SSSR count). The van der Waals surface area contributed by atoms with Crippen molar-refractivity contribution < 1.29 is 9.47 Å². The van der Waals surface area contributed by atoms with Crippen LogP contribution in [0.1, 0.15) is 50.3 Å². The number of benzene rings is 1. The van der Waals surface area contributed by atoms with Gasteiger partial charge in [-0.25, -0.2) is 0 Å². The Balaban J connectivity index is 0.00000280. The molecular formula is C22H36IN3O2. The summed E-state index contributed by atoms with van der Waals surface area (Å²) < 4.78 is 11.6. The lowest BCUT2D eigenvalue weighted by Gasteiger charge is -2.36. The van der Waals surface area contributed by atoms with Crippen molar-refractivity contribution in [1.29, 1.82) is 0 Å². The Kier molecular flexibility index (Phi) is 9.50. The van der Waals surface area contributed by atoms with E-state index in [1.165, 1.54) is 24.0 Å². The van der Waals surface area contributed by atoms with Gasteiger partial charge in [0.2, 0.25) is 0 Å². The molecule has 1 saturated carbocycles. The van der Waals surface area contributed by atoms with Gasteiger partial charge in [0.15, 0.2) is 5.96 Å². The van der Waals surface area contributed by atoms with Crippen LogP contribution < -0.4 is 5.32 Å². The van der Waals surface area contributed by atoms with Gasteiger partial charge in [-0.3, -0.25) is 4.99 Å². The van der Waals surface area contributed by atoms with E-state index in [0.29, 0.717) is 5.41 Å². The van der Waals surface area contributed by atoms with Crippen LogP contribution in [0.5, 0.6) is 0 Å². The van der Waals surface area contributed by atoms with E-state index >= 15 is 0 Å². The Bertz CT molecular complexity index is 634. The van der Waals surface area contributed by atoms with Crippen molar-refractivity contribution in [3.63, 3.8) is 0 Å². The average Bonchev–Trinajstić information content (AvgIpc) is 3.46. The third-order valence-corrected chi connectivity index (χ3v) is 5.74. The van der Waals surface area contributed by atoms with Gasteiger partial charge in [0.25, 0.3) is 0 Å². The Morgan fingerprint density at radius 3 is 2.79 bits per heavy atom. The number of aryl methyl sites for hydroxylation is 1. The fourth-order valence-electron chi connectivity index (χ4n) is 3.74. The third kappa shape index (κ3) is 6.32. The van der Waals surface area contributed by atoms with E-state index in [2.05, 4.69) is 55.3 Å². The summed E-state index contributed by atoms with van der Waals surface area (Å²) in [6, 6.07) is 8.52. The monoisotopic (exact) mass is 501 g/mol. The molecule has 1 N–H and O–H groups in total. The summed E-state index contributed by atoms with van der Waals surface area (Å²) in [7, 11) is 0. The first-order chi connectivity index (χ1) is 13.2. The number of rotatable bonds is 8. The van der Waals surface area contributed by atoms with Crippen molar-refractivity contribution in [2.75, 3.05) is 46.0 Å². The predicted molar refractivity (Wildman–Crippen MR) is 126 cm³/mol. The molecule has 2 aliphatic rings. The molecule has 0 amide bonds. The second kappa shape index (κ2) is 11.4. The van der Waals surface area contributed by atoms with Gasteiger partial charge < -0.3 is 19.7 Å². The minimum atomic E-state index is 0. The maximum Gasteiger partial charge on any atom is 0.194 e. The number of nitrogens with one attached hydrogen (secondary N) is 1. The normalized spacial score (nSPS) is 21.2. The lowest BCUT2D eigenvalue weighted by Crippen LogP contribution is -2.48. The van der Waals surface area contributed by atoms with E-state index in [9.17, 15) is 0 Å². The van der Waals surface area contributed by atoms with E-state index in [1.807, 2.05) is 0 Å². The minimum Gasteiger partial charge on any atom is -0.382 e. The van der Waals surface area contributed by atoms with E-state index in [0.717, 1.165) is 58.4 Å². The highest BCUT2D eigenvalue weighted by Crippen LogP contribution is 2.49. The second-order valence-corrected chi connectivity index (χ2v) is 7.78. The molecule has 0 radical (unpaired) electrons. The maximum absolute atomic E-state index is 6.09. The molecule has 0 bridgehead atoms. The summed E-state index contributed by atoms with van der Waals surface area (Å²) in [4.78, 5) is 7.38. The molecule has 2 fully saturated rings. The first-order valence-corrected chi connectivity index (χ1v) is 10.5. The zero-order valence-electron chi connectivity index (χ0n) is 17.6. The molecule has 1 aromatic carbocycles. The number of aliphatic imine (C=N–C) groups is 1. The molecule has 1 aliphatic carbocycles. The lowest BCUT2D eigenvalue weighted by molar-refractivity contribution is -0.00836. The van der Waals surface area contributed by atoms with Gasteiger partial charge in [-0.1, -0.05) is 24.3 Å². The molecule has 5 nitrogen and oxygen atoms in total. The summed E-state index contributed by atoms with van der Waals surface area (Å²) in [5, 5.41) is 3.50. The zero-order chi connectivity index (χ0) is 19.1. The highest BCUT2D eigenvalue weighted by Gasteiger charge is 2.42. The van der Waals surface area contributed by atoms with Gasteiger partial charge in [0.1, 0.15) is 6.10 Å². The van der Waals surface area contributed by atoms with Gasteiger partial charge in [0, 0.05) is 32.8 Å². The molecule has 1 aromatic rings. The SMILES string of the molecule is CCNC(=NCC1(CCOCC)CC1)N1CCOC(c2ccccc2C)C1.I. The summed E-state index contributed by atoms with van der Waals surface area (Å²) >= 11 is 0. The number of halogens is 1. The van der Waals surface area contributed by atoms with Crippen LogP contribution in [0, 0.1) is 12.3 Å². The number of morpholine rings is 1. The summed E-state index contributed by atoms with van der Waals surface area (Å²) in [6.45, 7) is 12.3. The summed E-state index contributed by atoms with van der Waals surface area (Å²) in [5.41, 5.74) is 2.95. The van der Waals surface area contributed by atoms with E-state index in [4.69, 9.17) is 14.5 Å². The second-order valence-electron chi connectivity index (χ2n) is 7.78. The standard InChI is InChI=1S/C22H35N3O2.HI/c1-4-23-21(24-17-22(10-11-22)12-14-26-5-2)25-13-15-27-20(16-25)19-9-7-6-8-18(19)3;/h6-9,20H,4-5,10-17H2,1-3H3,(H,23,24);1H. The first kappa shape index (κ1) is 23.4. The highest BCUT2D eigenvalue weighted by molar-refractivity contribution is 14.0. The Morgan fingerprint density at radius 1 is 1.32 bits per heavy atom. The molecule has 0 aromatic heterocycles. The molecule has 6 heteroatoms. The van der Waals surface area contributed by atoms with Crippen molar-refractivity contribution >= 4 is 29.9 Å². The number of hydrogen-bond acceptors (Lipinski definition) is 3. The van der Waals surface area contributed by atoms with Crippen LogP contribution in [-0.2, 0) is 9.47 Å². The van der Waals surface area contributed by atoms with E-state index in [-0.39, 0.29) is 30.1 Å². The Labute approximate surface area is 187 Å². The Morgan fingerprint density at radius 2 is 2.11 bits per heavy atom. The highest BCUT2D eigenvalue weighted by atomic mass is 127. The molecule has 158 valence electrons. The van der Waals surface area contributed by atoms with Crippen LogP contribution in [0.25, 0.3) is 0 Å². The van der Waals surface area contributed by atoms with Crippen LogP contribution in [0.2, 0.25) is 0 Å². The molecule has 28 heavy (non-hydrogen) atoms. The van der Waals surface area contributed by atoms with Crippen LogP contribution in [-0.4, -0.2) is 56.9 Å². The maximum atomic E-state index is 6.09. The quantitative estimate of drug-likeness (QED) is 0.252. The van der Waals surface area contributed by atoms with Gasteiger partial charge in [-0.05, 0) is 56.6 Å². The van der Waals surface area contributed by atoms with Crippen molar-refractivity contribution in [2.24, 2.45) is 10.4 Å². The fraction of sp³-hybridized carbons (Fsp3) is 0.682. The molecule has 0 spiro atoms. The van der Waals surface area contributed by atoms with Gasteiger partial charge in [-0.15, -0.1) is 24.0 Å². The molecule has 1 atom stereocenters. The van der Waals surface area contributed by atoms with E-state index in [1.54, 1.807) is 0 Å². The van der Waals surface area contributed by atoms with Crippen LogP contribution in [0.4, 0.5) is 0 Å². The van der Waals surface area contributed by atoms with Crippen molar-refractivity contribution in [2.45, 2.75) is 46.1 Å². The largest absolute Gasteiger partial charge is 0.382 e. The van der Waals surface area contributed by atoms with Crippen LogP contribution >= 0.6 is 24.0 Å². The van der Waals surface area contributed by atoms with Crippen molar-refractivity contribution in [3.8, 4) is 0 Å². The number of ether oxygens (including phenoxy) is 2. The van der Waals surface area contributed by atoms with Gasteiger partial charge in [-0.2, -0.15) is 0 Å². The lowest BCUT2D eigenvalue weighted by atomic mass is 10.0. The van der Waals surface area contributed by atoms with Crippen molar-refractivity contribution in [3.05, 3.63) is 35.4 Å². The number of nitrogens with zero attached hydrogens (tertiary/aromatic N) is 2. The zero-order valence-corrected chi connectivity index (χ0v) is 19.9. The van der Waals surface area contributed by atoms with Crippen LogP contribution in [0.3, 0.4) is 0 Å². The first-order valence-electron chi connectivity index (χ1n) is 10.5. The predicted octanol–water partition coefficient (Wildman–Crippen LogP) is 4.16. The molecule has 1 heterocycles. The Hall–Kier alpha value is -0.860. The van der Waals surface area contributed by atoms with Crippen molar-refractivity contribution in [1.82, 2.24) is 10.2 Å². The summed E-state index contributed by atoms with van der Waals surface area (Å²) in [6.07, 6.45) is 3.78. The van der Waals surface area contributed by atoms with E-state index < -0.39 is 0 Å². The van der Waals surface area contributed by atoms with Gasteiger partial charge in [0.05, 0.1) is 13.2 Å². The molecule has 1 saturated heterocycles. The number of hydrogen-bond donors (Lipinski definition) is 1. The minimum absolute atomic E-state index is 0. The topological polar surface area (TPSA) is 46.1 Å². The molecule has 1 unspecified atom stereocenters. The fourth-order valence-corrected chi connectivity index (χ4v) is 3.74. The number of guanidine groups is 1. The third-order valence-electron chi connectivity index (χ3n) is 5.74. The van der Waals surface area contributed by atoms with Crippen LogP contribution in [0.15, 0.2) is 29.3 Å². The average molecular weight is 501 g/mol. The molecular weight excluding hydrogens is 465 g/mol. The molecule has 1 aliphatic heterocycles.